The number of rotatable bonds is 6. The number of carbonyl (C=O) groups excluding carboxylic acids is 1. The van der Waals surface area contributed by atoms with Crippen molar-refractivity contribution < 1.29 is 13.9 Å². The van der Waals surface area contributed by atoms with Gasteiger partial charge in [0, 0.05) is 29.2 Å². The Labute approximate surface area is 164 Å². The molecule has 6 nitrogen and oxygen atoms in total. The van der Waals surface area contributed by atoms with Crippen molar-refractivity contribution >= 4 is 16.9 Å². The molecular weight excluding hydrogens is 354 g/mol. The summed E-state index contributed by atoms with van der Waals surface area (Å²) in [4.78, 5) is 21.8. The van der Waals surface area contributed by atoms with Crippen molar-refractivity contribution in [1.82, 2.24) is 14.9 Å². The van der Waals surface area contributed by atoms with Crippen molar-refractivity contribution in [3.8, 4) is 0 Å². The van der Waals surface area contributed by atoms with Gasteiger partial charge in [0.15, 0.2) is 6.39 Å². The third kappa shape index (κ3) is 3.47. The van der Waals surface area contributed by atoms with Gasteiger partial charge < -0.3 is 14.1 Å². The monoisotopic (exact) mass is 379 g/mol. The molecule has 28 heavy (non-hydrogen) atoms. The summed E-state index contributed by atoms with van der Waals surface area (Å²) in [5, 5.41) is 1.28. The molecule has 1 aromatic carbocycles. The maximum atomic E-state index is 11.7. The van der Waals surface area contributed by atoms with Gasteiger partial charge in [-0.1, -0.05) is 24.3 Å². The van der Waals surface area contributed by atoms with Gasteiger partial charge in [-0.05, 0) is 38.3 Å². The Morgan fingerprint density at radius 1 is 1.46 bits per heavy atom. The molecule has 0 bridgehead atoms. The number of hydrogen-bond donors (Lipinski definition) is 1. The van der Waals surface area contributed by atoms with Crippen LogP contribution >= 0.6 is 0 Å². The number of aromatic nitrogens is 2. The summed E-state index contributed by atoms with van der Waals surface area (Å²) in [5.74, 6) is 0.545. The molecule has 3 heterocycles. The molecule has 6 heteroatoms. The van der Waals surface area contributed by atoms with Gasteiger partial charge >= 0.3 is 5.97 Å². The Hall–Kier alpha value is -2.86. The standard InChI is InChI=1S/C22H25N3O3/c1-3-27-21(26)10-6-9-19-22-17(16-7-4-5-8-18(16)24-22)11-12-25(19)15(2)20-13-23-14-28-20/h4-8,10,13-15,19,24H,3,9,11-12H2,1-2H3/b10-6-/t15-,19-/m0/s1. The van der Waals surface area contributed by atoms with Crippen molar-refractivity contribution in [3.63, 3.8) is 0 Å². The van der Waals surface area contributed by atoms with E-state index >= 15 is 0 Å². The third-order valence-corrected chi connectivity index (χ3v) is 5.46. The molecule has 1 aliphatic rings. The zero-order valence-electron chi connectivity index (χ0n) is 16.2. The maximum Gasteiger partial charge on any atom is 0.330 e. The lowest BCUT2D eigenvalue weighted by molar-refractivity contribution is -0.137. The number of hydrogen-bond acceptors (Lipinski definition) is 5. The van der Waals surface area contributed by atoms with Gasteiger partial charge in [0.25, 0.3) is 0 Å². The number of para-hydroxylation sites is 1. The molecule has 0 radical (unpaired) electrons. The Balaban J connectivity index is 1.67. The Kier molecular flexibility index (Phi) is 5.30. The Bertz CT molecular complexity index is 974. The molecule has 146 valence electrons. The van der Waals surface area contributed by atoms with Crippen LogP contribution in [0.2, 0.25) is 0 Å². The van der Waals surface area contributed by atoms with E-state index in [1.165, 1.54) is 29.1 Å². The number of nitrogens with zero attached hydrogens (tertiary/aromatic N) is 2. The average Bonchev–Trinajstić information content (AvgIpc) is 3.36. The summed E-state index contributed by atoms with van der Waals surface area (Å²) in [5.41, 5.74) is 3.74. The molecule has 0 amide bonds. The number of aromatic amines is 1. The number of H-pyrrole nitrogens is 1. The van der Waals surface area contributed by atoms with Gasteiger partial charge in [-0.2, -0.15) is 0 Å². The summed E-state index contributed by atoms with van der Waals surface area (Å²) >= 11 is 0. The minimum atomic E-state index is -0.301. The van der Waals surface area contributed by atoms with Crippen LogP contribution in [-0.2, 0) is 16.0 Å². The van der Waals surface area contributed by atoms with Gasteiger partial charge in [0.2, 0.25) is 0 Å². The molecular formula is C22H25N3O3. The van der Waals surface area contributed by atoms with E-state index in [9.17, 15) is 4.79 Å². The Morgan fingerprint density at radius 2 is 2.32 bits per heavy atom. The summed E-state index contributed by atoms with van der Waals surface area (Å²) in [6, 6.07) is 8.62. The van der Waals surface area contributed by atoms with Gasteiger partial charge in [-0.25, -0.2) is 9.78 Å². The molecule has 4 rings (SSSR count). The predicted molar refractivity (Wildman–Crippen MR) is 107 cm³/mol. The van der Waals surface area contributed by atoms with Crippen molar-refractivity contribution in [2.45, 2.75) is 38.8 Å². The van der Waals surface area contributed by atoms with E-state index in [1.54, 1.807) is 6.20 Å². The van der Waals surface area contributed by atoms with Crippen molar-refractivity contribution in [3.05, 3.63) is 66.0 Å². The fraction of sp³-hybridized carbons (Fsp3) is 0.364. The number of ether oxygens (including phenoxy) is 1. The summed E-state index contributed by atoms with van der Waals surface area (Å²) < 4.78 is 10.6. The van der Waals surface area contributed by atoms with Crippen LogP contribution in [0.25, 0.3) is 10.9 Å². The third-order valence-electron chi connectivity index (χ3n) is 5.46. The van der Waals surface area contributed by atoms with E-state index in [0.717, 1.165) is 24.2 Å². The van der Waals surface area contributed by atoms with E-state index < -0.39 is 0 Å². The first-order chi connectivity index (χ1) is 13.7. The van der Waals surface area contributed by atoms with Crippen LogP contribution in [0.15, 0.2) is 53.4 Å². The van der Waals surface area contributed by atoms with E-state index in [2.05, 4.69) is 46.1 Å². The fourth-order valence-electron chi connectivity index (χ4n) is 4.13. The zero-order chi connectivity index (χ0) is 19.5. The first-order valence-corrected chi connectivity index (χ1v) is 9.76. The van der Waals surface area contributed by atoms with Crippen LogP contribution in [0.1, 0.15) is 49.4 Å². The number of esters is 1. The highest BCUT2D eigenvalue weighted by Gasteiger charge is 2.33. The number of fused-ring (bicyclic) bond motifs is 3. The lowest BCUT2D eigenvalue weighted by atomic mass is 9.93. The smallest absolute Gasteiger partial charge is 0.330 e. The molecule has 0 unspecified atom stereocenters. The van der Waals surface area contributed by atoms with Gasteiger partial charge in [-0.3, -0.25) is 4.90 Å². The maximum absolute atomic E-state index is 11.7. The predicted octanol–water partition coefficient (Wildman–Crippen LogP) is 4.33. The highest BCUT2D eigenvalue weighted by Crippen LogP contribution is 2.40. The topological polar surface area (TPSA) is 71.4 Å². The van der Waals surface area contributed by atoms with E-state index in [0.29, 0.717) is 13.0 Å². The minimum absolute atomic E-state index is 0.0862. The molecule has 2 atom stereocenters. The van der Waals surface area contributed by atoms with Crippen molar-refractivity contribution in [1.29, 1.82) is 0 Å². The largest absolute Gasteiger partial charge is 0.463 e. The van der Waals surface area contributed by atoms with Crippen molar-refractivity contribution in [2.24, 2.45) is 0 Å². The van der Waals surface area contributed by atoms with Crippen LogP contribution in [0.3, 0.4) is 0 Å². The van der Waals surface area contributed by atoms with E-state index in [4.69, 9.17) is 9.15 Å². The summed E-state index contributed by atoms with van der Waals surface area (Å²) in [7, 11) is 0. The fourth-order valence-corrected chi connectivity index (χ4v) is 4.13. The zero-order valence-corrected chi connectivity index (χ0v) is 16.2. The normalized spacial score (nSPS) is 18.4. The van der Waals surface area contributed by atoms with Crippen LogP contribution in [-0.4, -0.2) is 34.0 Å². The van der Waals surface area contributed by atoms with Crippen LogP contribution in [0.5, 0.6) is 0 Å². The highest BCUT2D eigenvalue weighted by atomic mass is 16.5. The molecule has 2 aromatic heterocycles. The van der Waals surface area contributed by atoms with Crippen LogP contribution in [0, 0.1) is 0 Å². The quantitative estimate of drug-likeness (QED) is 0.510. The first kappa shape index (κ1) is 18.5. The number of nitrogens with one attached hydrogen (secondary N) is 1. The molecule has 0 saturated heterocycles. The second-order valence-electron chi connectivity index (χ2n) is 7.04. The lowest BCUT2D eigenvalue weighted by Crippen LogP contribution is -2.37. The van der Waals surface area contributed by atoms with E-state index in [-0.39, 0.29) is 18.1 Å². The highest BCUT2D eigenvalue weighted by molar-refractivity contribution is 5.85. The Morgan fingerprint density at radius 3 is 3.11 bits per heavy atom. The molecule has 0 fully saturated rings. The van der Waals surface area contributed by atoms with Crippen molar-refractivity contribution in [2.75, 3.05) is 13.2 Å². The summed E-state index contributed by atoms with van der Waals surface area (Å²) in [6.07, 6.45) is 8.35. The number of carbonyl (C=O) groups is 1. The molecule has 0 spiro atoms. The molecule has 0 saturated carbocycles. The number of oxazole rings is 1. The number of benzene rings is 1. The minimum Gasteiger partial charge on any atom is -0.463 e. The van der Waals surface area contributed by atoms with Gasteiger partial charge in [0.05, 0.1) is 24.9 Å². The van der Waals surface area contributed by atoms with Crippen LogP contribution in [0.4, 0.5) is 0 Å². The molecule has 3 aromatic rings. The average molecular weight is 379 g/mol. The van der Waals surface area contributed by atoms with Gasteiger partial charge in [0.1, 0.15) is 5.76 Å². The molecule has 1 N–H and O–H groups in total. The molecule has 0 aliphatic carbocycles. The lowest BCUT2D eigenvalue weighted by Gasteiger charge is -2.38. The summed E-state index contributed by atoms with van der Waals surface area (Å²) in [6.45, 7) is 5.24. The SMILES string of the molecule is CCOC(=O)/C=C\C[C@H]1c2[nH]c3ccccc3c2CCN1[C@@H](C)c1cnco1. The van der Waals surface area contributed by atoms with Gasteiger partial charge in [-0.15, -0.1) is 0 Å². The van der Waals surface area contributed by atoms with E-state index in [1.807, 2.05) is 13.0 Å². The second kappa shape index (κ2) is 8.02. The molecule has 1 aliphatic heterocycles. The second-order valence-corrected chi connectivity index (χ2v) is 7.04. The first-order valence-electron chi connectivity index (χ1n) is 9.76. The van der Waals surface area contributed by atoms with Crippen LogP contribution < -0.4 is 0 Å².